The average Bonchev–Trinajstić information content (AvgIpc) is 2.81. The van der Waals surface area contributed by atoms with Crippen LogP contribution in [-0.4, -0.2) is 11.1 Å². The van der Waals surface area contributed by atoms with Gasteiger partial charge in [0.1, 0.15) is 5.76 Å². The van der Waals surface area contributed by atoms with Crippen LogP contribution >= 0.6 is 34.8 Å². The molecule has 0 amide bonds. The highest BCUT2D eigenvalue weighted by Crippen LogP contribution is 2.32. The molecule has 1 heterocycles. The summed E-state index contributed by atoms with van der Waals surface area (Å²) >= 11 is 17.7. The van der Waals surface area contributed by atoms with Crippen molar-refractivity contribution in [1.29, 1.82) is 0 Å². The van der Waals surface area contributed by atoms with E-state index in [0.717, 1.165) is 0 Å². The van der Waals surface area contributed by atoms with E-state index in [1.807, 2.05) is 0 Å². The van der Waals surface area contributed by atoms with Gasteiger partial charge in [0.25, 0.3) is 0 Å². The van der Waals surface area contributed by atoms with E-state index < -0.39 is 5.97 Å². The molecule has 0 saturated carbocycles. The fourth-order valence-corrected chi connectivity index (χ4v) is 2.04. The zero-order valence-electron chi connectivity index (χ0n) is 9.41. The van der Waals surface area contributed by atoms with Gasteiger partial charge in [0, 0.05) is 0 Å². The molecule has 2 aromatic rings. The molecular weight excluding hydrogens is 312 g/mol. The van der Waals surface area contributed by atoms with Crippen LogP contribution < -0.4 is 5.32 Å². The average molecular weight is 321 g/mol. The highest BCUT2D eigenvalue weighted by molar-refractivity contribution is 6.44. The number of benzene rings is 1. The van der Waals surface area contributed by atoms with Crippen molar-refractivity contribution in [3.63, 3.8) is 0 Å². The first-order chi connectivity index (χ1) is 8.97. The molecule has 0 aliphatic rings. The number of carboxylic acid groups (broad SMARTS) is 1. The Bertz CT molecular complexity index is 625. The fourth-order valence-electron chi connectivity index (χ4n) is 1.43. The number of hydrogen-bond acceptors (Lipinski definition) is 3. The van der Waals surface area contributed by atoms with Crippen molar-refractivity contribution in [3.05, 3.63) is 50.9 Å². The molecule has 1 aromatic carbocycles. The molecule has 2 N–H and O–H groups in total. The number of carboxylic acids is 1. The summed E-state index contributed by atoms with van der Waals surface area (Å²) in [5, 5.41) is 12.9. The molecule has 0 unspecified atom stereocenters. The van der Waals surface area contributed by atoms with Gasteiger partial charge >= 0.3 is 5.97 Å². The summed E-state index contributed by atoms with van der Waals surface area (Å²) in [6, 6.07) is 6.07. The maximum Gasteiger partial charge on any atom is 0.371 e. The Balaban J connectivity index is 2.09. The first-order valence-electron chi connectivity index (χ1n) is 5.18. The molecule has 0 atom stereocenters. The van der Waals surface area contributed by atoms with Crippen LogP contribution in [0.25, 0.3) is 0 Å². The predicted octanol–water partition coefficient (Wildman–Crippen LogP) is 4.55. The van der Waals surface area contributed by atoms with Gasteiger partial charge in [0.15, 0.2) is 0 Å². The van der Waals surface area contributed by atoms with E-state index in [2.05, 4.69) is 5.32 Å². The maximum atomic E-state index is 10.7. The zero-order chi connectivity index (χ0) is 14.0. The molecule has 1 aromatic heterocycles. The predicted molar refractivity (Wildman–Crippen MR) is 74.5 cm³/mol. The molecule has 2 rings (SSSR count). The first kappa shape index (κ1) is 14.1. The molecule has 0 saturated heterocycles. The van der Waals surface area contributed by atoms with Crippen molar-refractivity contribution in [1.82, 2.24) is 0 Å². The summed E-state index contributed by atoms with van der Waals surface area (Å²) in [4.78, 5) is 10.7. The standard InChI is InChI=1S/C12H8Cl3NO3/c13-7-3-9(15)10(4-8(7)14)16-5-6-1-2-11(19-6)12(17)18/h1-4,16H,5H2,(H,17,18). The van der Waals surface area contributed by atoms with Gasteiger partial charge in [-0.2, -0.15) is 0 Å². The van der Waals surface area contributed by atoms with Crippen LogP contribution in [0.15, 0.2) is 28.7 Å². The van der Waals surface area contributed by atoms with Gasteiger partial charge in [-0.1, -0.05) is 34.8 Å². The Morgan fingerprint density at radius 3 is 2.47 bits per heavy atom. The minimum Gasteiger partial charge on any atom is -0.475 e. The van der Waals surface area contributed by atoms with E-state index in [0.29, 0.717) is 26.5 Å². The lowest BCUT2D eigenvalue weighted by Crippen LogP contribution is -1.99. The van der Waals surface area contributed by atoms with Crippen LogP contribution in [0, 0.1) is 0 Å². The second kappa shape index (κ2) is 5.74. The van der Waals surface area contributed by atoms with Crippen molar-refractivity contribution < 1.29 is 14.3 Å². The molecule has 0 bridgehead atoms. The summed E-state index contributed by atoms with van der Waals surface area (Å²) in [7, 11) is 0. The molecule has 0 fully saturated rings. The van der Waals surface area contributed by atoms with E-state index in [-0.39, 0.29) is 12.3 Å². The second-order valence-electron chi connectivity index (χ2n) is 3.67. The van der Waals surface area contributed by atoms with Crippen molar-refractivity contribution >= 4 is 46.5 Å². The number of aromatic carboxylic acids is 1. The summed E-state index contributed by atoms with van der Waals surface area (Å²) in [6.45, 7) is 0.283. The van der Waals surface area contributed by atoms with Crippen LogP contribution in [0.4, 0.5) is 5.69 Å². The van der Waals surface area contributed by atoms with Crippen LogP contribution in [0.3, 0.4) is 0 Å². The Labute approximate surface area is 123 Å². The van der Waals surface area contributed by atoms with E-state index >= 15 is 0 Å². The lowest BCUT2D eigenvalue weighted by molar-refractivity contribution is 0.0660. The van der Waals surface area contributed by atoms with Crippen LogP contribution in [0.2, 0.25) is 15.1 Å². The van der Waals surface area contributed by atoms with Gasteiger partial charge < -0.3 is 14.8 Å². The van der Waals surface area contributed by atoms with Gasteiger partial charge in [0.05, 0.1) is 27.3 Å². The molecule has 100 valence electrons. The number of nitrogens with one attached hydrogen (secondary N) is 1. The molecule has 19 heavy (non-hydrogen) atoms. The highest BCUT2D eigenvalue weighted by Gasteiger charge is 2.10. The lowest BCUT2D eigenvalue weighted by atomic mass is 10.3. The van der Waals surface area contributed by atoms with Crippen molar-refractivity contribution in [3.8, 4) is 0 Å². The number of halogens is 3. The van der Waals surface area contributed by atoms with E-state index in [1.165, 1.54) is 12.1 Å². The zero-order valence-corrected chi connectivity index (χ0v) is 11.7. The second-order valence-corrected chi connectivity index (χ2v) is 4.89. The summed E-state index contributed by atoms with van der Waals surface area (Å²) in [5.74, 6) is -0.754. The number of hydrogen-bond donors (Lipinski definition) is 2. The van der Waals surface area contributed by atoms with Crippen molar-refractivity contribution in [2.75, 3.05) is 5.32 Å². The topological polar surface area (TPSA) is 62.5 Å². The number of anilines is 1. The molecule has 0 radical (unpaired) electrons. The molecule has 0 aliphatic carbocycles. The summed E-state index contributed by atoms with van der Waals surface area (Å²) < 4.78 is 5.10. The van der Waals surface area contributed by atoms with Crippen LogP contribution in [-0.2, 0) is 6.54 Å². The van der Waals surface area contributed by atoms with Crippen LogP contribution in [0.5, 0.6) is 0 Å². The minimum absolute atomic E-state index is 0.114. The Hall–Kier alpha value is -1.36. The third-order valence-electron chi connectivity index (χ3n) is 2.34. The molecule has 0 aliphatic heterocycles. The van der Waals surface area contributed by atoms with E-state index in [4.69, 9.17) is 44.3 Å². The number of furan rings is 1. The Kier molecular flexibility index (Phi) is 4.24. The summed E-state index contributed by atoms with van der Waals surface area (Å²) in [6.07, 6.45) is 0. The third-order valence-corrected chi connectivity index (χ3v) is 3.37. The number of rotatable bonds is 4. The Morgan fingerprint density at radius 1 is 1.16 bits per heavy atom. The third kappa shape index (κ3) is 3.35. The van der Waals surface area contributed by atoms with Crippen LogP contribution in [0.1, 0.15) is 16.3 Å². The van der Waals surface area contributed by atoms with Gasteiger partial charge in [-0.15, -0.1) is 0 Å². The van der Waals surface area contributed by atoms with Crippen molar-refractivity contribution in [2.24, 2.45) is 0 Å². The Morgan fingerprint density at radius 2 is 1.84 bits per heavy atom. The van der Waals surface area contributed by atoms with E-state index in [9.17, 15) is 4.79 Å². The minimum atomic E-state index is -1.11. The quantitative estimate of drug-likeness (QED) is 0.811. The SMILES string of the molecule is O=C(O)c1ccc(CNc2cc(Cl)c(Cl)cc2Cl)o1. The molecule has 0 spiro atoms. The highest BCUT2D eigenvalue weighted by atomic mass is 35.5. The summed E-state index contributed by atoms with van der Waals surface area (Å²) in [5.41, 5.74) is 0.587. The smallest absolute Gasteiger partial charge is 0.371 e. The normalized spacial score (nSPS) is 10.5. The van der Waals surface area contributed by atoms with Gasteiger partial charge in [0.2, 0.25) is 5.76 Å². The van der Waals surface area contributed by atoms with Crippen molar-refractivity contribution in [2.45, 2.75) is 6.54 Å². The number of carbonyl (C=O) groups is 1. The van der Waals surface area contributed by atoms with Gasteiger partial charge in [-0.3, -0.25) is 0 Å². The molecule has 7 heteroatoms. The first-order valence-corrected chi connectivity index (χ1v) is 6.31. The molecule has 4 nitrogen and oxygen atoms in total. The lowest BCUT2D eigenvalue weighted by Gasteiger charge is -2.08. The van der Waals surface area contributed by atoms with E-state index in [1.54, 1.807) is 12.1 Å². The largest absolute Gasteiger partial charge is 0.475 e. The van der Waals surface area contributed by atoms with Gasteiger partial charge in [-0.05, 0) is 24.3 Å². The molecular formula is C12H8Cl3NO3. The maximum absolute atomic E-state index is 10.7. The monoisotopic (exact) mass is 319 g/mol. The van der Waals surface area contributed by atoms with Gasteiger partial charge in [-0.25, -0.2) is 4.79 Å². The fraction of sp³-hybridized carbons (Fsp3) is 0.0833.